The van der Waals surface area contributed by atoms with Crippen molar-refractivity contribution >= 4 is 11.7 Å². The van der Waals surface area contributed by atoms with Crippen molar-refractivity contribution in [2.75, 3.05) is 19.8 Å². The van der Waals surface area contributed by atoms with E-state index >= 15 is 0 Å². The molecule has 1 unspecified atom stereocenters. The Bertz CT molecular complexity index is 578. The van der Waals surface area contributed by atoms with Crippen LogP contribution in [0.2, 0.25) is 0 Å². The molecule has 28 heavy (non-hydrogen) atoms. The summed E-state index contributed by atoms with van der Waals surface area (Å²) >= 11 is 0. The van der Waals surface area contributed by atoms with Crippen molar-refractivity contribution in [3.05, 3.63) is 0 Å². The summed E-state index contributed by atoms with van der Waals surface area (Å²) in [5, 5.41) is 64.8. The SMILES string of the molecule is CC(=O)N[C@H]1C(N[C@@]2(C(C)=O)CO[C@H](CO)[C@H](O)[C@@H]2O)O[C@H](CO)[C@@H](O)[C@@H]1O. The molecule has 162 valence electrons. The van der Waals surface area contributed by atoms with Gasteiger partial charge in [-0.15, -0.1) is 0 Å². The van der Waals surface area contributed by atoms with E-state index in [1.54, 1.807) is 0 Å². The van der Waals surface area contributed by atoms with E-state index in [0.29, 0.717) is 0 Å². The Balaban J connectivity index is 2.35. The summed E-state index contributed by atoms with van der Waals surface area (Å²) in [5.41, 5.74) is -1.89. The third kappa shape index (κ3) is 4.20. The maximum atomic E-state index is 12.4. The Morgan fingerprint density at radius 3 is 2.11 bits per heavy atom. The first-order valence-electron chi connectivity index (χ1n) is 8.86. The molecule has 0 aromatic heterocycles. The smallest absolute Gasteiger partial charge is 0.217 e. The van der Waals surface area contributed by atoms with E-state index in [1.165, 1.54) is 6.92 Å². The Kier molecular flexibility index (Phi) is 7.47. The fourth-order valence-electron chi connectivity index (χ4n) is 3.51. The normalized spacial score (nSPS) is 44.1. The Morgan fingerprint density at radius 1 is 1.00 bits per heavy atom. The zero-order valence-electron chi connectivity index (χ0n) is 15.6. The molecule has 2 fully saturated rings. The van der Waals surface area contributed by atoms with E-state index in [0.717, 1.165) is 6.92 Å². The molecule has 0 radical (unpaired) electrons. The number of ketones is 1. The Labute approximate surface area is 161 Å². The summed E-state index contributed by atoms with van der Waals surface area (Å²) < 4.78 is 10.8. The molecule has 0 aliphatic carbocycles. The number of aliphatic hydroxyl groups is 6. The summed E-state index contributed by atoms with van der Waals surface area (Å²) in [4.78, 5) is 23.9. The molecule has 2 heterocycles. The van der Waals surface area contributed by atoms with Crippen LogP contribution in [-0.2, 0) is 19.1 Å². The fourth-order valence-corrected chi connectivity index (χ4v) is 3.51. The van der Waals surface area contributed by atoms with Crippen LogP contribution in [0.15, 0.2) is 0 Å². The van der Waals surface area contributed by atoms with E-state index in [2.05, 4.69) is 10.6 Å². The number of carbonyl (C=O) groups is 2. The van der Waals surface area contributed by atoms with Crippen molar-refractivity contribution in [2.24, 2.45) is 0 Å². The summed E-state index contributed by atoms with van der Waals surface area (Å²) in [6, 6.07) is -1.24. The molecule has 2 aliphatic rings. The quantitative estimate of drug-likeness (QED) is 0.209. The van der Waals surface area contributed by atoms with Gasteiger partial charge in [0.05, 0.1) is 25.9 Å². The first kappa shape index (κ1) is 23.1. The predicted octanol–water partition coefficient (Wildman–Crippen LogP) is -5.04. The molecule has 2 aliphatic heterocycles. The van der Waals surface area contributed by atoms with E-state index in [9.17, 15) is 40.2 Å². The highest BCUT2D eigenvalue weighted by atomic mass is 16.5. The lowest BCUT2D eigenvalue weighted by Gasteiger charge is -2.50. The van der Waals surface area contributed by atoms with Crippen LogP contribution >= 0.6 is 0 Å². The molecule has 2 rings (SSSR count). The van der Waals surface area contributed by atoms with Gasteiger partial charge < -0.3 is 45.4 Å². The highest BCUT2D eigenvalue weighted by molar-refractivity contribution is 5.87. The van der Waals surface area contributed by atoms with Crippen molar-refractivity contribution in [2.45, 2.75) is 68.3 Å². The first-order chi connectivity index (χ1) is 13.1. The third-order valence-corrected chi connectivity index (χ3v) is 5.24. The molecular formula is C16H28N2O10. The molecule has 0 bridgehead atoms. The van der Waals surface area contributed by atoms with Crippen LogP contribution in [0.4, 0.5) is 0 Å². The Hall–Kier alpha value is -1.22. The van der Waals surface area contributed by atoms with Crippen LogP contribution in [0.1, 0.15) is 13.8 Å². The van der Waals surface area contributed by atoms with Crippen molar-refractivity contribution in [1.29, 1.82) is 0 Å². The minimum Gasteiger partial charge on any atom is -0.394 e. The number of ether oxygens (including phenoxy) is 2. The highest BCUT2D eigenvalue weighted by Gasteiger charge is 2.56. The average molecular weight is 408 g/mol. The van der Waals surface area contributed by atoms with Gasteiger partial charge in [-0.05, 0) is 6.92 Å². The third-order valence-electron chi connectivity index (χ3n) is 5.24. The lowest BCUT2D eigenvalue weighted by atomic mass is 9.81. The Morgan fingerprint density at radius 2 is 1.61 bits per heavy atom. The van der Waals surface area contributed by atoms with Gasteiger partial charge in [-0.3, -0.25) is 14.9 Å². The topological polar surface area (TPSA) is 198 Å². The maximum Gasteiger partial charge on any atom is 0.217 e. The molecule has 12 nitrogen and oxygen atoms in total. The number of hydrogen-bond donors (Lipinski definition) is 8. The van der Waals surface area contributed by atoms with E-state index < -0.39 is 85.9 Å². The summed E-state index contributed by atoms with van der Waals surface area (Å²) in [6.07, 6.45) is -10.1. The number of Topliss-reactive ketones (excluding diaryl/α,β-unsaturated/α-hetero) is 1. The molecule has 8 N–H and O–H groups in total. The second kappa shape index (κ2) is 9.07. The van der Waals surface area contributed by atoms with Gasteiger partial charge in [0, 0.05) is 6.92 Å². The van der Waals surface area contributed by atoms with Gasteiger partial charge in [0.25, 0.3) is 0 Å². The van der Waals surface area contributed by atoms with Crippen molar-refractivity contribution in [1.82, 2.24) is 10.6 Å². The van der Waals surface area contributed by atoms with Crippen LogP contribution in [-0.4, -0.2) is 117 Å². The largest absolute Gasteiger partial charge is 0.394 e. The molecule has 0 spiro atoms. The number of amides is 1. The van der Waals surface area contributed by atoms with Gasteiger partial charge in [0.1, 0.15) is 48.4 Å². The van der Waals surface area contributed by atoms with Crippen LogP contribution in [0, 0.1) is 0 Å². The number of rotatable bonds is 6. The van der Waals surface area contributed by atoms with E-state index in [1.807, 2.05) is 0 Å². The number of hydrogen-bond acceptors (Lipinski definition) is 11. The lowest BCUT2D eigenvalue weighted by Crippen LogP contribution is -2.77. The zero-order chi connectivity index (χ0) is 21.2. The summed E-state index contributed by atoms with van der Waals surface area (Å²) in [5.74, 6) is -1.20. The second-order valence-corrected chi connectivity index (χ2v) is 7.12. The molecular weight excluding hydrogens is 380 g/mol. The molecule has 0 saturated carbocycles. The van der Waals surface area contributed by atoms with Gasteiger partial charge >= 0.3 is 0 Å². The summed E-state index contributed by atoms with van der Waals surface area (Å²) in [6.45, 7) is 0.614. The van der Waals surface area contributed by atoms with Crippen LogP contribution in [0.3, 0.4) is 0 Å². The minimum atomic E-state index is -1.89. The van der Waals surface area contributed by atoms with Crippen molar-refractivity contribution < 1.29 is 49.7 Å². The summed E-state index contributed by atoms with van der Waals surface area (Å²) in [7, 11) is 0. The molecule has 12 heteroatoms. The predicted molar refractivity (Wildman–Crippen MR) is 90.8 cm³/mol. The van der Waals surface area contributed by atoms with Gasteiger partial charge in [-0.25, -0.2) is 0 Å². The van der Waals surface area contributed by atoms with Crippen molar-refractivity contribution in [3.8, 4) is 0 Å². The average Bonchev–Trinajstić information content (AvgIpc) is 2.64. The molecule has 0 aromatic carbocycles. The van der Waals surface area contributed by atoms with Crippen LogP contribution < -0.4 is 10.6 Å². The standard InChI is InChI=1S/C16H28N2O10/c1-6(21)16(5-27-8(3-19)12(24)14(16)26)18-15-10(17-7(2)22)13(25)11(23)9(4-20)28-15/h8-15,18-20,23-26H,3-5H2,1-2H3,(H,17,22)/t8-,9-,10-,11-,12+,13-,14+,15?,16-/m1/s1. The number of aliphatic hydroxyl groups excluding tert-OH is 6. The first-order valence-corrected chi connectivity index (χ1v) is 8.86. The maximum absolute atomic E-state index is 12.4. The fraction of sp³-hybridized carbons (Fsp3) is 0.875. The van der Waals surface area contributed by atoms with Crippen molar-refractivity contribution in [3.63, 3.8) is 0 Å². The van der Waals surface area contributed by atoms with Gasteiger partial charge in [0.15, 0.2) is 5.78 Å². The zero-order valence-corrected chi connectivity index (χ0v) is 15.6. The number of nitrogens with one attached hydrogen (secondary N) is 2. The van der Waals surface area contributed by atoms with Gasteiger partial charge in [-0.1, -0.05) is 0 Å². The van der Waals surface area contributed by atoms with Crippen LogP contribution in [0.5, 0.6) is 0 Å². The second-order valence-electron chi connectivity index (χ2n) is 7.12. The molecule has 9 atom stereocenters. The highest BCUT2D eigenvalue weighted by Crippen LogP contribution is 2.29. The van der Waals surface area contributed by atoms with Gasteiger partial charge in [-0.2, -0.15) is 0 Å². The van der Waals surface area contributed by atoms with E-state index in [4.69, 9.17) is 9.47 Å². The molecule has 1 amide bonds. The van der Waals surface area contributed by atoms with Gasteiger partial charge in [0.2, 0.25) is 5.91 Å². The number of carbonyl (C=O) groups excluding carboxylic acids is 2. The minimum absolute atomic E-state index is 0.444. The monoisotopic (exact) mass is 408 g/mol. The van der Waals surface area contributed by atoms with E-state index in [-0.39, 0.29) is 0 Å². The lowest BCUT2D eigenvalue weighted by molar-refractivity contribution is -0.230. The van der Waals surface area contributed by atoms with Crippen LogP contribution in [0.25, 0.3) is 0 Å². The molecule has 2 saturated heterocycles. The molecule has 0 aromatic rings.